The maximum absolute atomic E-state index is 4.98. The van der Waals surface area contributed by atoms with E-state index >= 15 is 0 Å². The Bertz CT molecular complexity index is 192. The molecule has 1 rings (SSSR count). The summed E-state index contributed by atoms with van der Waals surface area (Å²) in [6.45, 7) is 0. The Balaban J connectivity index is 2.96. The summed E-state index contributed by atoms with van der Waals surface area (Å²) in [4.78, 5) is 4.00. The van der Waals surface area contributed by atoms with E-state index in [1.807, 2.05) is 12.1 Å². The second-order valence-corrected chi connectivity index (χ2v) is 2.15. The lowest BCUT2D eigenvalue weighted by atomic mass is 10.3. The molecular weight excluding hydrogens is 146 g/mol. The molecule has 0 saturated carbocycles. The van der Waals surface area contributed by atoms with E-state index in [1.54, 1.807) is 13.3 Å². The van der Waals surface area contributed by atoms with Crippen molar-refractivity contribution in [3.05, 3.63) is 23.9 Å². The largest absolute Gasteiger partial charge is 0.481 e. The Hall–Kier alpha value is -0.700. The molecule has 2 nitrogen and oxygen atoms in total. The van der Waals surface area contributed by atoms with E-state index < -0.39 is 0 Å². The SMILES string of the molecule is COc1ncccc1CS. The van der Waals surface area contributed by atoms with Gasteiger partial charge in [-0.3, -0.25) is 0 Å². The summed E-state index contributed by atoms with van der Waals surface area (Å²) >= 11 is 4.11. The van der Waals surface area contributed by atoms with Crippen LogP contribution in [0.4, 0.5) is 0 Å². The van der Waals surface area contributed by atoms with Crippen LogP contribution in [0.2, 0.25) is 0 Å². The first-order chi connectivity index (χ1) is 4.88. The molecule has 0 radical (unpaired) electrons. The third-order valence-electron chi connectivity index (χ3n) is 1.21. The van der Waals surface area contributed by atoms with Crippen LogP contribution in [0.3, 0.4) is 0 Å². The third-order valence-corrected chi connectivity index (χ3v) is 1.55. The van der Waals surface area contributed by atoms with Crippen LogP contribution in [0.5, 0.6) is 5.88 Å². The molecule has 0 aliphatic carbocycles. The van der Waals surface area contributed by atoms with E-state index in [0.29, 0.717) is 11.6 Å². The number of hydrogen-bond acceptors (Lipinski definition) is 3. The molecule has 0 amide bonds. The molecule has 1 heterocycles. The van der Waals surface area contributed by atoms with Gasteiger partial charge in [0, 0.05) is 17.5 Å². The molecule has 54 valence electrons. The van der Waals surface area contributed by atoms with Gasteiger partial charge < -0.3 is 4.74 Å². The van der Waals surface area contributed by atoms with Crippen molar-refractivity contribution in [2.24, 2.45) is 0 Å². The van der Waals surface area contributed by atoms with Crippen molar-refractivity contribution in [3.8, 4) is 5.88 Å². The average molecular weight is 155 g/mol. The van der Waals surface area contributed by atoms with Crippen LogP contribution in [0.15, 0.2) is 18.3 Å². The fourth-order valence-electron chi connectivity index (χ4n) is 0.728. The van der Waals surface area contributed by atoms with Crippen LogP contribution in [-0.4, -0.2) is 12.1 Å². The fourth-order valence-corrected chi connectivity index (χ4v) is 0.969. The highest BCUT2D eigenvalue weighted by Gasteiger charge is 1.98. The Labute approximate surface area is 65.6 Å². The van der Waals surface area contributed by atoms with Gasteiger partial charge in [-0.1, -0.05) is 6.07 Å². The summed E-state index contributed by atoms with van der Waals surface area (Å²) in [6.07, 6.45) is 1.70. The highest BCUT2D eigenvalue weighted by atomic mass is 32.1. The van der Waals surface area contributed by atoms with Crippen LogP contribution in [0.25, 0.3) is 0 Å². The molecule has 0 fully saturated rings. The zero-order valence-corrected chi connectivity index (χ0v) is 6.64. The highest BCUT2D eigenvalue weighted by molar-refractivity contribution is 7.79. The van der Waals surface area contributed by atoms with Gasteiger partial charge in [0.1, 0.15) is 0 Å². The standard InChI is InChI=1S/C7H9NOS/c1-9-7-6(5-10)3-2-4-8-7/h2-4,10H,5H2,1H3. The van der Waals surface area contributed by atoms with Gasteiger partial charge in [-0.2, -0.15) is 12.6 Å². The number of ether oxygens (including phenoxy) is 1. The van der Waals surface area contributed by atoms with Crippen molar-refractivity contribution in [2.45, 2.75) is 5.75 Å². The van der Waals surface area contributed by atoms with Crippen LogP contribution in [-0.2, 0) is 5.75 Å². The normalized spacial score (nSPS) is 9.40. The molecule has 10 heavy (non-hydrogen) atoms. The minimum Gasteiger partial charge on any atom is -0.481 e. The first kappa shape index (κ1) is 7.41. The van der Waals surface area contributed by atoms with E-state index in [-0.39, 0.29) is 0 Å². The molecule has 1 aromatic rings. The first-order valence-electron chi connectivity index (χ1n) is 2.97. The van der Waals surface area contributed by atoms with Crippen LogP contribution in [0, 0.1) is 0 Å². The van der Waals surface area contributed by atoms with Gasteiger partial charge in [-0.25, -0.2) is 4.98 Å². The molecular formula is C7H9NOS. The van der Waals surface area contributed by atoms with Gasteiger partial charge in [0.2, 0.25) is 5.88 Å². The summed E-state index contributed by atoms with van der Waals surface area (Å²) in [6, 6.07) is 3.81. The molecule has 0 spiro atoms. The predicted octanol–water partition coefficient (Wildman–Crippen LogP) is 1.52. The molecule has 0 aliphatic heterocycles. The van der Waals surface area contributed by atoms with Crippen molar-refractivity contribution in [3.63, 3.8) is 0 Å². The molecule has 0 saturated heterocycles. The Kier molecular flexibility index (Phi) is 2.57. The van der Waals surface area contributed by atoms with E-state index in [1.165, 1.54) is 0 Å². The van der Waals surface area contributed by atoms with Crippen molar-refractivity contribution >= 4 is 12.6 Å². The number of thiol groups is 1. The molecule has 3 heteroatoms. The monoisotopic (exact) mass is 155 g/mol. The number of nitrogens with zero attached hydrogens (tertiary/aromatic N) is 1. The minimum atomic E-state index is 0.664. The number of hydrogen-bond donors (Lipinski definition) is 1. The smallest absolute Gasteiger partial charge is 0.217 e. The molecule has 0 unspecified atom stereocenters. The van der Waals surface area contributed by atoms with Crippen molar-refractivity contribution in [1.29, 1.82) is 0 Å². The van der Waals surface area contributed by atoms with E-state index in [2.05, 4.69) is 17.6 Å². The number of rotatable bonds is 2. The van der Waals surface area contributed by atoms with Gasteiger partial charge in [0.15, 0.2) is 0 Å². The Morgan fingerprint density at radius 1 is 1.70 bits per heavy atom. The molecule has 1 aromatic heterocycles. The van der Waals surface area contributed by atoms with Gasteiger partial charge >= 0.3 is 0 Å². The molecule has 0 aromatic carbocycles. The lowest BCUT2D eigenvalue weighted by molar-refractivity contribution is 0.394. The summed E-state index contributed by atoms with van der Waals surface area (Å²) < 4.78 is 4.98. The van der Waals surface area contributed by atoms with Crippen molar-refractivity contribution in [1.82, 2.24) is 4.98 Å². The number of aromatic nitrogens is 1. The maximum Gasteiger partial charge on any atom is 0.217 e. The van der Waals surface area contributed by atoms with Crippen LogP contribution < -0.4 is 4.74 Å². The van der Waals surface area contributed by atoms with E-state index in [4.69, 9.17) is 4.74 Å². The lowest BCUT2D eigenvalue weighted by Crippen LogP contribution is -1.91. The lowest BCUT2D eigenvalue weighted by Gasteiger charge is -2.01. The highest BCUT2D eigenvalue weighted by Crippen LogP contribution is 2.14. The summed E-state index contributed by atoms with van der Waals surface area (Å²) in [7, 11) is 1.61. The van der Waals surface area contributed by atoms with Gasteiger partial charge in [-0.05, 0) is 6.07 Å². The topological polar surface area (TPSA) is 22.1 Å². The van der Waals surface area contributed by atoms with Crippen LogP contribution >= 0.6 is 12.6 Å². The van der Waals surface area contributed by atoms with Crippen LogP contribution in [0.1, 0.15) is 5.56 Å². The fraction of sp³-hybridized carbons (Fsp3) is 0.286. The Morgan fingerprint density at radius 2 is 2.50 bits per heavy atom. The average Bonchev–Trinajstić information content (AvgIpc) is 2.04. The first-order valence-corrected chi connectivity index (χ1v) is 3.60. The Morgan fingerprint density at radius 3 is 3.00 bits per heavy atom. The van der Waals surface area contributed by atoms with E-state index in [0.717, 1.165) is 5.56 Å². The molecule has 0 bridgehead atoms. The van der Waals surface area contributed by atoms with Gasteiger partial charge in [0.25, 0.3) is 0 Å². The molecule has 0 N–H and O–H groups in total. The maximum atomic E-state index is 4.98. The number of pyridine rings is 1. The van der Waals surface area contributed by atoms with Gasteiger partial charge in [-0.15, -0.1) is 0 Å². The predicted molar refractivity (Wildman–Crippen MR) is 43.5 cm³/mol. The van der Waals surface area contributed by atoms with E-state index in [9.17, 15) is 0 Å². The van der Waals surface area contributed by atoms with Crippen molar-refractivity contribution < 1.29 is 4.74 Å². The summed E-state index contributed by atoms with van der Waals surface area (Å²) in [5, 5.41) is 0. The second-order valence-electron chi connectivity index (χ2n) is 1.83. The molecule has 0 aliphatic rings. The molecule has 0 atom stereocenters. The zero-order valence-electron chi connectivity index (χ0n) is 5.74. The number of methoxy groups -OCH3 is 1. The summed E-state index contributed by atoms with van der Waals surface area (Å²) in [5.74, 6) is 1.33. The second kappa shape index (κ2) is 3.46. The minimum absolute atomic E-state index is 0.664. The zero-order chi connectivity index (χ0) is 7.40. The quantitative estimate of drug-likeness (QED) is 0.654. The van der Waals surface area contributed by atoms with Crippen molar-refractivity contribution in [2.75, 3.05) is 7.11 Å². The summed E-state index contributed by atoms with van der Waals surface area (Å²) in [5.41, 5.74) is 1.02. The third kappa shape index (κ3) is 1.42. The van der Waals surface area contributed by atoms with Gasteiger partial charge in [0.05, 0.1) is 7.11 Å².